The summed E-state index contributed by atoms with van der Waals surface area (Å²) in [5.74, 6) is 2.54. The van der Waals surface area contributed by atoms with Crippen LogP contribution in [0.25, 0.3) is 0 Å². The van der Waals surface area contributed by atoms with Gasteiger partial charge in [-0.3, -0.25) is 0 Å². The first-order valence-electron chi connectivity index (χ1n) is 9.30. The standard InChI is InChI=1S/C21H30N4/c1-15-10-12-25(13-11-15)19-14-16(2)22-20(24-19)23-18-9-7-6-8-17(18)21(3,4)5/h6-9,14-15H,10-13H2,1-5H3,(H,22,23,24). The lowest BCUT2D eigenvalue weighted by Gasteiger charge is -2.31. The maximum Gasteiger partial charge on any atom is 0.229 e. The average molecular weight is 338 g/mol. The van der Waals surface area contributed by atoms with Crippen LogP contribution in [0.5, 0.6) is 0 Å². The molecule has 25 heavy (non-hydrogen) atoms. The summed E-state index contributed by atoms with van der Waals surface area (Å²) < 4.78 is 0. The summed E-state index contributed by atoms with van der Waals surface area (Å²) in [6, 6.07) is 10.5. The van der Waals surface area contributed by atoms with Crippen LogP contribution in [0.4, 0.5) is 17.5 Å². The molecule has 3 rings (SSSR count). The van der Waals surface area contributed by atoms with E-state index in [9.17, 15) is 0 Å². The van der Waals surface area contributed by atoms with E-state index in [0.717, 1.165) is 36.2 Å². The molecule has 1 aliphatic heterocycles. The van der Waals surface area contributed by atoms with Gasteiger partial charge in [-0.25, -0.2) is 4.98 Å². The molecule has 1 aromatic heterocycles. The molecule has 0 radical (unpaired) electrons. The fraction of sp³-hybridized carbons (Fsp3) is 0.524. The van der Waals surface area contributed by atoms with E-state index < -0.39 is 0 Å². The van der Waals surface area contributed by atoms with Crippen molar-refractivity contribution in [1.82, 2.24) is 9.97 Å². The van der Waals surface area contributed by atoms with E-state index in [2.05, 4.69) is 73.2 Å². The van der Waals surface area contributed by atoms with Crippen molar-refractivity contribution in [3.8, 4) is 0 Å². The molecule has 0 amide bonds. The van der Waals surface area contributed by atoms with Crippen LogP contribution in [0.15, 0.2) is 30.3 Å². The molecule has 4 nitrogen and oxygen atoms in total. The van der Waals surface area contributed by atoms with Gasteiger partial charge in [-0.05, 0) is 42.7 Å². The normalized spacial score (nSPS) is 16.1. The van der Waals surface area contributed by atoms with E-state index in [0.29, 0.717) is 5.95 Å². The number of hydrogen-bond acceptors (Lipinski definition) is 4. The van der Waals surface area contributed by atoms with Gasteiger partial charge in [0.1, 0.15) is 5.82 Å². The van der Waals surface area contributed by atoms with Crippen LogP contribution < -0.4 is 10.2 Å². The molecule has 0 bridgehead atoms. The Balaban J connectivity index is 1.87. The molecule has 1 saturated heterocycles. The minimum absolute atomic E-state index is 0.0687. The highest BCUT2D eigenvalue weighted by atomic mass is 15.2. The number of para-hydroxylation sites is 1. The largest absolute Gasteiger partial charge is 0.356 e. The van der Waals surface area contributed by atoms with E-state index in [4.69, 9.17) is 4.98 Å². The van der Waals surface area contributed by atoms with Crippen LogP contribution in [-0.2, 0) is 5.41 Å². The predicted octanol–water partition coefficient (Wildman–Crippen LogP) is 5.06. The van der Waals surface area contributed by atoms with E-state index in [1.807, 2.05) is 6.92 Å². The molecular formula is C21H30N4. The van der Waals surface area contributed by atoms with Crippen LogP contribution in [-0.4, -0.2) is 23.1 Å². The maximum atomic E-state index is 4.80. The number of nitrogens with one attached hydrogen (secondary N) is 1. The molecule has 1 aromatic carbocycles. The van der Waals surface area contributed by atoms with Crippen LogP contribution in [0.3, 0.4) is 0 Å². The second kappa shape index (κ2) is 7.03. The summed E-state index contributed by atoms with van der Waals surface area (Å²) in [6.45, 7) is 13.2. The number of rotatable bonds is 3. The highest BCUT2D eigenvalue weighted by molar-refractivity contribution is 5.61. The SMILES string of the molecule is Cc1cc(N2CCC(C)CC2)nc(Nc2ccccc2C(C)(C)C)n1. The molecule has 0 saturated carbocycles. The molecule has 0 aliphatic carbocycles. The summed E-state index contributed by atoms with van der Waals surface area (Å²) in [7, 11) is 0. The lowest BCUT2D eigenvalue weighted by atomic mass is 9.86. The number of hydrogen-bond donors (Lipinski definition) is 1. The Morgan fingerprint density at radius 2 is 1.76 bits per heavy atom. The smallest absolute Gasteiger partial charge is 0.229 e. The lowest BCUT2D eigenvalue weighted by Crippen LogP contribution is -2.33. The Labute approximate surface area is 151 Å². The average Bonchev–Trinajstić information content (AvgIpc) is 2.54. The summed E-state index contributed by atoms with van der Waals surface area (Å²) in [4.78, 5) is 11.8. The van der Waals surface area contributed by atoms with Gasteiger partial charge >= 0.3 is 0 Å². The van der Waals surface area contributed by atoms with Crippen LogP contribution in [0, 0.1) is 12.8 Å². The molecule has 4 heteroatoms. The van der Waals surface area contributed by atoms with Crippen LogP contribution in [0.2, 0.25) is 0 Å². The van der Waals surface area contributed by atoms with Gasteiger partial charge in [-0.1, -0.05) is 45.9 Å². The maximum absolute atomic E-state index is 4.80. The van der Waals surface area contributed by atoms with Gasteiger partial charge in [-0.15, -0.1) is 0 Å². The van der Waals surface area contributed by atoms with Crippen LogP contribution >= 0.6 is 0 Å². The summed E-state index contributed by atoms with van der Waals surface area (Å²) >= 11 is 0. The van der Waals surface area contributed by atoms with Gasteiger partial charge in [0.15, 0.2) is 0 Å². The van der Waals surface area contributed by atoms with Gasteiger partial charge in [0, 0.05) is 30.5 Å². The molecule has 2 heterocycles. The molecule has 0 spiro atoms. The number of nitrogens with zero attached hydrogens (tertiary/aromatic N) is 3. The zero-order valence-corrected chi connectivity index (χ0v) is 16.1. The zero-order valence-electron chi connectivity index (χ0n) is 16.1. The first kappa shape index (κ1) is 17.7. The van der Waals surface area contributed by atoms with Crippen molar-refractivity contribution < 1.29 is 0 Å². The van der Waals surface area contributed by atoms with Crippen molar-refractivity contribution in [3.63, 3.8) is 0 Å². The highest BCUT2D eigenvalue weighted by Crippen LogP contribution is 2.31. The zero-order chi connectivity index (χ0) is 18.0. The van der Waals surface area contributed by atoms with Crippen molar-refractivity contribution in [2.45, 2.75) is 52.9 Å². The Morgan fingerprint density at radius 1 is 1.08 bits per heavy atom. The molecule has 1 aliphatic rings. The number of benzene rings is 1. The summed E-state index contributed by atoms with van der Waals surface area (Å²) in [5.41, 5.74) is 3.42. The monoisotopic (exact) mass is 338 g/mol. The van der Waals surface area contributed by atoms with Gasteiger partial charge in [0.2, 0.25) is 5.95 Å². The molecule has 134 valence electrons. The minimum Gasteiger partial charge on any atom is -0.356 e. The fourth-order valence-corrected chi connectivity index (χ4v) is 3.37. The summed E-state index contributed by atoms with van der Waals surface area (Å²) in [6.07, 6.45) is 2.47. The van der Waals surface area contributed by atoms with E-state index in [-0.39, 0.29) is 5.41 Å². The quantitative estimate of drug-likeness (QED) is 0.849. The van der Waals surface area contributed by atoms with Crippen molar-refractivity contribution in [3.05, 3.63) is 41.6 Å². The Hall–Kier alpha value is -2.10. The minimum atomic E-state index is 0.0687. The van der Waals surface area contributed by atoms with Crippen molar-refractivity contribution in [2.24, 2.45) is 5.92 Å². The number of aromatic nitrogens is 2. The van der Waals surface area contributed by atoms with Crippen molar-refractivity contribution in [1.29, 1.82) is 0 Å². The third kappa shape index (κ3) is 4.30. The molecule has 0 atom stereocenters. The first-order valence-corrected chi connectivity index (χ1v) is 9.30. The third-order valence-electron chi connectivity index (χ3n) is 4.93. The second-order valence-corrected chi connectivity index (χ2v) is 8.28. The Kier molecular flexibility index (Phi) is 4.98. The van der Waals surface area contributed by atoms with E-state index >= 15 is 0 Å². The third-order valence-corrected chi connectivity index (χ3v) is 4.93. The number of piperidine rings is 1. The fourth-order valence-electron chi connectivity index (χ4n) is 3.37. The van der Waals surface area contributed by atoms with Gasteiger partial charge < -0.3 is 10.2 Å². The van der Waals surface area contributed by atoms with E-state index in [1.165, 1.54) is 18.4 Å². The highest BCUT2D eigenvalue weighted by Gasteiger charge is 2.20. The van der Waals surface area contributed by atoms with Crippen molar-refractivity contribution in [2.75, 3.05) is 23.3 Å². The van der Waals surface area contributed by atoms with Gasteiger partial charge in [0.05, 0.1) is 0 Å². The lowest BCUT2D eigenvalue weighted by molar-refractivity contribution is 0.436. The molecule has 2 aromatic rings. The van der Waals surface area contributed by atoms with Gasteiger partial charge in [0.25, 0.3) is 0 Å². The van der Waals surface area contributed by atoms with E-state index in [1.54, 1.807) is 0 Å². The van der Waals surface area contributed by atoms with Crippen LogP contribution in [0.1, 0.15) is 51.8 Å². The molecule has 1 N–H and O–H groups in total. The van der Waals surface area contributed by atoms with Gasteiger partial charge in [-0.2, -0.15) is 4.98 Å². The number of anilines is 3. The Bertz CT molecular complexity index is 725. The predicted molar refractivity (Wildman–Crippen MR) is 106 cm³/mol. The molecule has 0 unspecified atom stereocenters. The van der Waals surface area contributed by atoms with Crippen molar-refractivity contribution >= 4 is 17.5 Å². The number of aryl methyl sites for hydroxylation is 1. The topological polar surface area (TPSA) is 41.1 Å². The Morgan fingerprint density at radius 3 is 2.44 bits per heavy atom. The first-order chi connectivity index (χ1) is 11.8. The second-order valence-electron chi connectivity index (χ2n) is 8.28. The summed E-state index contributed by atoms with van der Waals surface area (Å²) in [5, 5.41) is 3.46. The molecule has 1 fully saturated rings. The molecular weight excluding hydrogens is 308 g/mol.